The van der Waals surface area contributed by atoms with Crippen molar-refractivity contribution in [3.63, 3.8) is 0 Å². The van der Waals surface area contributed by atoms with Crippen molar-refractivity contribution in [2.24, 2.45) is 0 Å². The molecule has 0 saturated carbocycles. The van der Waals surface area contributed by atoms with Crippen LogP contribution in [0, 0.1) is 11.3 Å². The van der Waals surface area contributed by atoms with E-state index in [1.807, 2.05) is 43.4 Å². The molecule has 0 radical (unpaired) electrons. The van der Waals surface area contributed by atoms with Gasteiger partial charge in [-0.3, -0.25) is 0 Å². The second-order valence-electron chi connectivity index (χ2n) is 4.70. The molecule has 0 aliphatic heterocycles. The fraction of sp³-hybridized carbons (Fsp3) is 0.235. The molecular formula is C17H18N2O2. The first kappa shape index (κ1) is 14.7. The second-order valence-corrected chi connectivity index (χ2v) is 4.70. The van der Waals surface area contributed by atoms with Gasteiger partial charge in [0.2, 0.25) is 0 Å². The van der Waals surface area contributed by atoms with Gasteiger partial charge in [0.1, 0.15) is 17.6 Å². The minimum absolute atomic E-state index is 0.549. The van der Waals surface area contributed by atoms with E-state index >= 15 is 0 Å². The van der Waals surface area contributed by atoms with Crippen molar-refractivity contribution in [1.29, 1.82) is 5.26 Å². The van der Waals surface area contributed by atoms with Crippen molar-refractivity contribution in [2.45, 2.75) is 6.54 Å². The predicted octanol–water partition coefficient (Wildman–Crippen LogP) is 3.21. The summed E-state index contributed by atoms with van der Waals surface area (Å²) >= 11 is 0. The van der Waals surface area contributed by atoms with Crippen molar-refractivity contribution in [2.75, 3.05) is 26.2 Å². The first-order valence-electron chi connectivity index (χ1n) is 6.60. The van der Waals surface area contributed by atoms with Crippen LogP contribution in [0.4, 0.5) is 5.69 Å². The van der Waals surface area contributed by atoms with Gasteiger partial charge in [-0.05, 0) is 42.0 Å². The summed E-state index contributed by atoms with van der Waals surface area (Å²) in [6, 6.07) is 15.7. The number of ether oxygens (including phenoxy) is 2. The zero-order chi connectivity index (χ0) is 15.2. The molecule has 0 amide bonds. The van der Waals surface area contributed by atoms with Crippen molar-refractivity contribution >= 4 is 5.69 Å². The number of hydrogen-bond acceptors (Lipinski definition) is 4. The highest BCUT2D eigenvalue weighted by atomic mass is 16.5. The van der Waals surface area contributed by atoms with E-state index in [-0.39, 0.29) is 0 Å². The summed E-state index contributed by atoms with van der Waals surface area (Å²) in [6.45, 7) is 0.731. The minimum Gasteiger partial charge on any atom is -0.497 e. The van der Waals surface area contributed by atoms with Crippen LogP contribution in [-0.4, -0.2) is 21.3 Å². The third kappa shape index (κ3) is 3.46. The summed E-state index contributed by atoms with van der Waals surface area (Å²) in [5.41, 5.74) is 2.73. The largest absolute Gasteiger partial charge is 0.497 e. The SMILES string of the molecule is COc1ccc(N(C)Cc2ccc(C#N)c(OC)c2)cc1. The van der Waals surface area contributed by atoms with Gasteiger partial charge in [0.25, 0.3) is 0 Å². The second kappa shape index (κ2) is 6.67. The predicted molar refractivity (Wildman–Crippen MR) is 82.8 cm³/mol. The van der Waals surface area contributed by atoms with Gasteiger partial charge in [0.15, 0.2) is 0 Å². The Hall–Kier alpha value is -2.67. The van der Waals surface area contributed by atoms with Crippen molar-refractivity contribution < 1.29 is 9.47 Å². The Morgan fingerprint density at radius 1 is 1.05 bits per heavy atom. The third-order valence-electron chi connectivity index (χ3n) is 3.32. The van der Waals surface area contributed by atoms with E-state index in [0.717, 1.165) is 23.5 Å². The highest BCUT2D eigenvalue weighted by Crippen LogP contribution is 2.23. The Labute approximate surface area is 125 Å². The molecule has 21 heavy (non-hydrogen) atoms. The van der Waals surface area contributed by atoms with Crippen LogP contribution in [0.3, 0.4) is 0 Å². The van der Waals surface area contributed by atoms with Crippen LogP contribution in [0.1, 0.15) is 11.1 Å². The first-order valence-corrected chi connectivity index (χ1v) is 6.60. The van der Waals surface area contributed by atoms with Gasteiger partial charge < -0.3 is 14.4 Å². The number of nitriles is 1. The molecule has 0 aliphatic carbocycles. The van der Waals surface area contributed by atoms with E-state index in [1.54, 1.807) is 20.3 Å². The molecule has 2 aromatic carbocycles. The molecule has 0 aliphatic rings. The van der Waals surface area contributed by atoms with Gasteiger partial charge in [-0.25, -0.2) is 0 Å². The topological polar surface area (TPSA) is 45.5 Å². The maximum atomic E-state index is 9.00. The summed E-state index contributed by atoms with van der Waals surface area (Å²) < 4.78 is 10.4. The van der Waals surface area contributed by atoms with E-state index in [4.69, 9.17) is 14.7 Å². The highest BCUT2D eigenvalue weighted by Gasteiger charge is 2.07. The molecule has 4 heteroatoms. The van der Waals surface area contributed by atoms with E-state index in [2.05, 4.69) is 11.0 Å². The minimum atomic E-state index is 0.549. The standard InChI is InChI=1S/C17H18N2O2/c1-19(15-6-8-16(20-2)9-7-15)12-13-4-5-14(11-18)17(10-13)21-3/h4-10H,12H2,1-3H3. The maximum absolute atomic E-state index is 9.00. The van der Waals surface area contributed by atoms with Gasteiger partial charge in [0.05, 0.1) is 19.8 Å². The monoisotopic (exact) mass is 282 g/mol. The average molecular weight is 282 g/mol. The zero-order valence-electron chi connectivity index (χ0n) is 12.5. The molecule has 4 nitrogen and oxygen atoms in total. The number of benzene rings is 2. The Kier molecular flexibility index (Phi) is 4.68. The van der Waals surface area contributed by atoms with Gasteiger partial charge in [-0.1, -0.05) is 6.07 Å². The summed E-state index contributed by atoms with van der Waals surface area (Å²) in [6.07, 6.45) is 0. The van der Waals surface area contributed by atoms with Gasteiger partial charge >= 0.3 is 0 Å². The van der Waals surface area contributed by atoms with Crippen molar-refractivity contribution in [3.8, 4) is 17.6 Å². The first-order chi connectivity index (χ1) is 10.2. The quantitative estimate of drug-likeness (QED) is 0.844. The van der Waals surface area contributed by atoms with Crippen LogP contribution in [-0.2, 0) is 6.54 Å². The van der Waals surface area contributed by atoms with Gasteiger partial charge in [0, 0.05) is 19.3 Å². The smallest absolute Gasteiger partial charge is 0.136 e. The van der Waals surface area contributed by atoms with Gasteiger partial charge in [-0.2, -0.15) is 5.26 Å². The number of methoxy groups -OCH3 is 2. The maximum Gasteiger partial charge on any atom is 0.136 e. The third-order valence-corrected chi connectivity index (χ3v) is 3.32. The number of nitrogens with zero attached hydrogens (tertiary/aromatic N) is 2. The number of anilines is 1. The van der Waals surface area contributed by atoms with Crippen LogP contribution in [0.5, 0.6) is 11.5 Å². The summed E-state index contributed by atoms with van der Waals surface area (Å²) in [5.74, 6) is 1.45. The van der Waals surface area contributed by atoms with Crippen LogP contribution >= 0.6 is 0 Å². The summed E-state index contributed by atoms with van der Waals surface area (Å²) in [5, 5.41) is 9.00. The number of hydrogen-bond donors (Lipinski definition) is 0. The molecule has 2 rings (SSSR count). The van der Waals surface area contributed by atoms with E-state index in [9.17, 15) is 0 Å². The molecule has 2 aromatic rings. The van der Waals surface area contributed by atoms with Gasteiger partial charge in [-0.15, -0.1) is 0 Å². The Balaban J connectivity index is 2.15. The average Bonchev–Trinajstić information content (AvgIpc) is 2.54. The zero-order valence-corrected chi connectivity index (χ0v) is 12.5. The lowest BCUT2D eigenvalue weighted by atomic mass is 10.1. The molecule has 0 fully saturated rings. The van der Waals surface area contributed by atoms with Crippen LogP contribution in [0.15, 0.2) is 42.5 Å². The van der Waals surface area contributed by atoms with E-state index in [0.29, 0.717) is 11.3 Å². The fourth-order valence-corrected chi connectivity index (χ4v) is 2.13. The molecule has 0 spiro atoms. The molecular weight excluding hydrogens is 264 g/mol. The van der Waals surface area contributed by atoms with Crippen molar-refractivity contribution in [3.05, 3.63) is 53.6 Å². The Morgan fingerprint density at radius 2 is 1.76 bits per heavy atom. The van der Waals surface area contributed by atoms with Crippen LogP contribution in [0.2, 0.25) is 0 Å². The normalized spacial score (nSPS) is 9.81. The molecule has 0 atom stereocenters. The molecule has 0 unspecified atom stereocenters. The Bertz CT molecular complexity index is 645. The lowest BCUT2D eigenvalue weighted by Gasteiger charge is -2.20. The highest BCUT2D eigenvalue weighted by molar-refractivity contribution is 5.50. The molecule has 0 bridgehead atoms. The molecule has 108 valence electrons. The summed E-state index contributed by atoms with van der Waals surface area (Å²) in [4.78, 5) is 2.13. The number of rotatable bonds is 5. The fourth-order valence-electron chi connectivity index (χ4n) is 2.13. The van der Waals surface area contributed by atoms with E-state index in [1.165, 1.54) is 0 Å². The lowest BCUT2D eigenvalue weighted by Crippen LogP contribution is -2.16. The molecule has 0 heterocycles. The van der Waals surface area contributed by atoms with Crippen molar-refractivity contribution in [1.82, 2.24) is 0 Å². The van der Waals surface area contributed by atoms with E-state index < -0.39 is 0 Å². The van der Waals surface area contributed by atoms with Crippen LogP contribution in [0.25, 0.3) is 0 Å². The molecule has 0 N–H and O–H groups in total. The summed E-state index contributed by atoms with van der Waals surface area (Å²) in [7, 11) is 5.25. The van der Waals surface area contributed by atoms with Crippen LogP contribution < -0.4 is 14.4 Å². The Morgan fingerprint density at radius 3 is 2.33 bits per heavy atom. The molecule has 0 aromatic heterocycles. The molecule has 0 saturated heterocycles. The lowest BCUT2D eigenvalue weighted by molar-refractivity contribution is 0.413.